The van der Waals surface area contributed by atoms with Gasteiger partial charge in [-0.05, 0) is 109 Å². The number of ether oxygens (including phenoxy) is 9. The van der Waals surface area contributed by atoms with Crippen LogP contribution in [-0.4, -0.2) is 162 Å². The van der Waals surface area contributed by atoms with Gasteiger partial charge in [-0.3, -0.25) is 28.8 Å². The van der Waals surface area contributed by atoms with Gasteiger partial charge in [0, 0.05) is 99.1 Å². The Morgan fingerprint density at radius 2 is 0.923 bits per heavy atom. The number of aliphatic hydroxyl groups excluding tert-OH is 3. The smallest absolute Gasteiger partial charge is 0.373 e. The Morgan fingerprint density at radius 3 is 1.32 bits per heavy atom. The van der Waals surface area contributed by atoms with Gasteiger partial charge in [-0.2, -0.15) is 28.8 Å². The molecule has 14 atom stereocenters. The number of nitrogens with one attached hydrogen (secondary N) is 2. The first-order valence-electron chi connectivity index (χ1n) is 38.8. The van der Waals surface area contributed by atoms with Gasteiger partial charge >= 0.3 is 42.3 Å². The molecule has 0 radical (unpaired) electrons. The molecular weight excluding hydrogens is 1270 g/mol. The lowest BCUT2D eigenvalue weighted by atomic mass is 9.91. The van der Waals surface area contributed by atoms with Crippen molar-refractivity contribution in [3.8, 4) is 33.8 Å². The van der Waals surface area contributed by atoms with E-state index in [-0.39, 0.29) is 72.6 Å². The van der Waals surface area contributed by atoms with Crippen molar-refractivity contribution in [2.75, 3.05) is 19.7 Å². The van der Waals surface area contributed by atoms with Gasteiger partial charge in [0.2, 0.25) is 30.5 Å². The molecule has 0 aliphatic carbocycles. The molecule has 3 heterocycles. The first kappa shape index (κ1) is 61.4. The van der Waals surface area contributed by atoms with Crippen molar-refractivity contribution in [3.05, 3.63) is 108 Å². The number of aliphatic hydroxyl groups is 3. The molecule has 26 nitrogen and oxygen atoms in total. The summed E-state index contributed by atoms with van der Waals surface area (Å²) in [7, 11) is 0. The fraction of sp³-hybridized carbons (Fsp3) is 0.468. The first-order chi connectivity index (χ1) is 54.0. The van der Waals surface area contributed by atoms with Crippen LogP contribution in [-0.2, 0) is 104 Å². The van der Waals surface area contributed by atoms with E-state index in [1.54, 1.807) is 54.6 Å². The van der Waals surface area contributed by atoms with Crippen LogP contribution in [0.1, 0.15) is 113 Å². The Kier molecular flexibility index (Phi) is 27.2. The van der Waals surface area contributed by atoms with Gasteiger partial charge in [-0.25, -0.2) is 8.78 Å². The third-order valence-corrected chi connectivity index (χ3v) is 14.3. The van der Waals surface area contributed by atoms with E-state index in [1.807, 2.05) is 33.8 Å². The largest absolute Gasteiger partial charge is 0.462 e. The standard InChI is InChI=1S/C27H32FNO7.C21H24FNO6.C11H17BrO5.3CO2.11H2/c1-15-16(2)33-27(26(35-19(5)32)25(15)34-18(4)31)36-23-10-9-20(11-12-29-17(3)30)24(14-23)21-7-6-8-22(28)13-21;1-12(24)23-8-7-13-5-6-16(10-17(13)14-3-2-4-15(22)9-14)29-21-20(27)19(26)18(25)11-28-21;1-5-6(2)15-11(12)10(17-8(4)14)9(5)16-7(3)13;3*2-1-3;;;;;;;;;;;/h6-10,13-16,25-27H,11-12H2,1-5H3,(H,29,30);2-6,9-10,18-21,25-27H,7-8,11H2,1H3,(H,23,24);5-6,9-11H,1-4H3;;;;11*1H/t15-,16-,25+,26-,27?;18-,19+,20-,21?;5-,6-,9+,10-,11+;;;;;;;;;;;;;;/m111............../s1/i;;;;;;11*1+2T. The van der Waals surface area contributed by atoms with E-state index in [0.717, 1.165) is 16.7 Å². The summed E-state index contributed by atoms with van der Waals surface area (Å²) in [6.07, 6.45) is -7.71. The highest BCUT2D eigenvalue weighted by Crippen LogP contribution is 2.36. The van der Waals surface area contributed by atoms with Gasteiger partial charge in [0.25, 0.3) is 0 Å². The monoisotopic (exact) mass is 1410 g/mol. The zero-order valence-corrected chi connectivity index (χ0v) is 52.8. The number of carbonyl (C=O) groups excluding carboxylic acids is 12. The Hall–Kier alpha value is -8.46. The molecule has 3 saturated heterocycles. The molecule has 2 amide bonds. The summed E-state index contributed by atoms with van der Waals surface area (Å²) in [4.78, 5) is 117. The van der Waals surface area contributed by atoms with Crippen molar-refractivity contribution in [1.29, 1.82) is 0 Å². The number of carbonyl (C=O) groups is 6. The van der Waals surface area contributed by atoms with Gasteiger partial charge in [-0.1, -0.05) is 66.2 Å². The maximum absolute atomic E-state index is 14.0. The Morgan fingerprint density at radius 1 is 0.549 bits per heavy atom. The average Bonchev–Trinajstić information content (AvgIpc) is 0.792. The molecule has 518 valence electrons. The third kappa shape index (κ3) is 26.9. The number of halogens is 3. The van der Waals surface area contributed by atoms with Crippen LogP contribution in [0.2, 0.25) is 0 Å². The molecule has 4 aromatic carbocycles. The van der Waals surface area contributed by atoms with Crippen molar-refractivity contribution in [3.63, 3.8) is 0 Å². The maximum Gasteiger partial charge on any atom is 0.373 e. The molecule has 29 heteroatoms. The van der Waals surface area contributed by atoms with Crippen molar-refractivity contribution in [1.82, 2.24) is 10.6 Å². The van der Waals surface area contributed by atoms with Crippen molar-refractivity contribution < 1.29 is 157 Å². The molecule has 91 heavy (non-hydrogen) atoms. The Bertz CT molecular complexity index is 3190. The van der Waals surface area contributed by atoms with Crippen LogP contribution in [0.15, 0.2) is 84.9 Å². The van der Waals surface area contributed by atoms with E-state index in [9.17, 15) is 52.9 Å². The van der Waals surface area contributed by atoms with Crippen LogP contribution in [0.25, 0.3) is 22.3 Å². The van der Waals surface area contributed by atoms with Crippen LogP contribution in [0.5, 0.6) is 11.5 Å². The lowest BCUT2D eigenvalue weighted by molar-refractivity contribution is -0.263. The second kappa shape index (κ2) is 40.3. The van der Waals surface area contributed by atoms with E-state index in [4.69, 9.17) is 104 Å². The molecule has 0 saturated carbocycles. The van der Waals surface area contributed by atoms with E-state index in [0.29, 0.717) is 54.1 Å². The van der Waals surface area contributed by atoms with Gasteiger partial charge in [-0.15, -0.1) is 0 Å². The molecule has 5 N–H and O–H groups in total. The van der Waals surface area contributed by atoms with Crippen LogP contribution >= 0.6 is 15.9 Å². The summed E-state index contributed by atoms with van der Waals surface area (Å²) >= 11 is 3.29. The molecule has 3 aliphatic rings. The molecule has 0 bridgehead atoms. The predicted octanol–water partition coefficient (Wildman–Crippen LogP) is 7.36. The number of amides is 2. The minimum atomic E-state index is -1.42. The predicted molar refractivity (Wildman–Crippen MR) is 334 cm³/mol. The molecule has 7 rings (SSSR count). The van der Waals surface area contributed by atoms with Gasteiger partial charge < -0.3 is 68.6 Å². The zero-order valence-electron chi connectivity index (χ0n) is 73.3. The zero-order chi connectivity index (χ0) is 90.7. The van der Waals surface area contributed by atoms with Crippen molar-refractivity contribution >= 4 is 70.1 Å². The second-order valence-electron chi connectivity index (χ2n) is 20.3. The SMILES string of the molecule is CC(=O)NCCc1ccc(OC2OC[C@@H](O)[C@H](O)[C@H]2O)cc1-c1cccc(F)c1.CC(=O)NCCc1ccc(OC2O[C@H](C)[C@@H](C)[C@H](OC(C)=O)[C@H]2OC(C)=O)cc1-c1cccc(F)c1.CC(=O)O[C@@H]1[C@@H](OC(C)=O)[C@H](C)[C@@H](C)O[C@@H]1Br.O=C=O.O=C=O.O=C=O.[3H][3H].[3H][3H].[3H][3H].[3H][3H].[3H][3H].[3H][3H].[3H][3H].[3H][3H].[3H][3H].[3H][3H].[3H][3H]. The lowest BCUT2D eigenvalue weighted by Crippen LogP contribution is -2.57. The van der Waals surface area contributed by atoms with E-state index < -0.39 is 84.2 Å². The summed E-state index contributed by atoms with van der Waals surface area (Å²) in [5, 5.41) is 34.4. The second-order valence-corrected chi connectivity index (χ2v) is 21.2. The van der Waals surface area contributed by atoms with Crippen molar-refractivity contribution in [2.24, 2.45) is 11.8 Å². The minimum absolute atomic E-state index is 0.0444. The number of esters is 4. The summed E-state index contributed by atoms with van der Waals surface area (Å²) < 4.78 is 188. The number of rotatable bonds is 16. The van der Waals surface area contributed by atoms with E-state index >= 15 is 0 Å². The number of hydrogen-bond acceptors (Lipinski definition) is 24. The van der Waals surface area contributed by atoms with E-state index in [2.05, 4.69) is 26.6 Å². The molecule has 4 aromatic rings. The summed E-state index contributed by atoms with van der Waals surface area (Å²) in [5.74, 6) is -2.50. The first-order valence-corrected chi connectivity index (χ1v) is 28.8. The maximum atomic E-state index is 14.0. The van der Waals surface area contributed by atoms with Crippen molar-refractivity contribution in [2.45, 2.75) is 155 Å². The Labute approximate surface area is 564 Å². The Balaban J connectivity index is -0.000000154. The fourth-order valence-electron chi connectivity index (χ4n) is 9.15. The highest BCUT2D eigenvalue weighted by atomic mass is 79.9. The van der Waals surface area contributed by atoms with Gasteiger partial charge in [0.05, 0.1) is 18.8 Å². The van der Waals surface area contributed by atoms with Gasteiger partial charge in [0.1, 0.15) is 53.7 Å². The highest BCUT2D eigenvalue weighted by Gasteiger charge is 2.48. The van der Waals surface area contributed by atoms with Crippen LogP contribution in [0.3, 0.4) is 0 Å². The summed E-state index contributed by atoms with van der Waals surface area (Å²) in [6, 6.07) is 22.7. The third-order valence-electron chi connectivity index (χ3n) is 13.5. The quantitative estimate of drug-likeness (QED) is 0.0415. The minimum Gasteiger partial charge on any atom is -0.462 e. The van der Waals surface area contributed by atoms with Gasteiger partial charge in [0.15, 0.2) is 11.1 Å². The number of benzene rings is 4. The summed E-state index contributed by atoms with van der Waals surface area (Å²) in [5.41, 5.74) is 4.45. The van der Waals surface area contributed by atoms with Crippen LogP contribution in [0, 0.1) is 23.5 Å². The molecule has 3 fully saturated rings. The van der Waals surface area contributed by atoms with Crippen LogP contribution < -0.4 is 20.1 Å². The van der Waals surface area contributed by atoms with E-state index in [1.165, 1.54) is 65.8 Å². The lowest BCUT2D eigenvalue weighted by Gasteiger charge is -2.43. The number of hydrogen-bond donors (Lipinski definition) is 5. The normalized spacial score (nSPS) is 25.2. The molecular formula is C62H95BrF2N2O24. The molecule has 2 unspecified atom stereocenters. The average molecular weight is 1410 g/mol. The highest BCUT2D eigenvalue weighted by molar-refractivity contribution is 9.09. The molecule has 0 spiro atoms. The van der Waals surface area contributed by atoms with Crippen LogP contribution in [0.4, 0.5) is 8.78 Å². The fourth-order valence-corrected chi connectivity index (χ4v) is 9.90. The number of alkyl halides is 1. The topological polar surface area (TPSA) is 373 Å². The molecule has 3 aliphatic heterocycles. The molecule has 0 aromatic heterocycles. The summed E-state index contributed by atoms with van der Waals surface area (Å²) in [6.45, 7) is 16.2.